The quantitative estimate of drug-likeness (QED) is 0.793. The van der Waals surface area contributed by atoms with Crippen LogP contribution in [0.3, 0.4) is 0 Å². The van der Waals surface area contributed by atoms with Gasteiger partial charge in [-0.2, -0.15) is 0 Å². The van der Waals surface area contributed by atoms with Gasteiger partial charge in [-0.25, -0.2) is 0 Å². The number of imide groups is 1. The molecule has 0 radical (unpaired) electrons. The van der Waals surface area contributed by atoms with E-state index in [0.29, 0.717) is 29.5 Å². The predicted molar refractivity (Wildman–Crippen MR) is 73.7 cm³/mol. The van der Waals surface area contributed by atoms with Gasteiger partial charge in [0.1, 0.15) is 0 Å². The summed E-state index contributed by atoms with van der Waals surface area (Å²) in [7, 11) is 1.43. The molecule has 21 heavy (non-hydrogen) atoms. The third-order valence-corrected chi connectivity index (χ3v) is 3.64. The Kier molecular flexibility index (Phi) is 4.37. The van der Waals surface area contributed by atoms with Crippen LogP contribution in [-0.4, -0.2) is 39.9 Å². The van der Waals surface area contributed by atoms with E-state index >= 15 is 0 Å². The smallest absolute Gasteiger partial charge is 0.303 e. The molecule has 2 rings (SSSR count). The summed E-state index contributed by atoms with van der Waals surface area (Å²) in [6.07, 6.45) is 0.0319. The highest BCUT2D eigenvalue weighted by molar-refractivity contribution is 6.09. The topological polar surface area (TPSA) is 94.9 Å². The lowest BCUT2D eigenvalue weighted by Crippen LogP contribution is -2.39. The van der Waals surface area contributed by atoms with Crippen LogP contribution < -0.4 is 0 Å². The van der Waals surface area contributed by atoms with Crippen molar-refractivity contribution in [2.75, 3.05) is 7.05 Å². The van der Waals surface area contributed by atoms with E-state index in [1.54, 1.807) is 18.2 Å². The Labute approximate surface area is 122 Å². The van der Waals surface area contributed by atoms with Gasteiger partial charge in [-0.3, -0.25) is 19.3 Å². The van der Waals surface area contributed by atoms with E-state index in [1.165, 1.54) is 7.05 Å². The second kappa shape index (κ2) is 6.05. The second-order valence-electron chi connectivity index (χ2n) is 5.15. The minimum absolute atomic E-state index is 0.00181. The van der Waals surface area contributed by atoms with E-state index in [4.69, 9.17) is 5.11 Å². The monoisotopic (exact) mass is 291 g/mol. The van der Waals surface area contributed by atoms with E-state index < -0.39 is 12.1 Å². The number of amides is 2. The normalized spacial score (nSPS) is 15.8. The molecule has 0 aliphatic carbocycles. The molecule has 1 aromatic carbocycles. The number of rotatable bonds is 5. The molecule has 2 amide bonds. The summed E-state index contributed by atoms with van der Waals surface area (Å²) in [5.74, 6) is -1.52. The first kappa shape index (κ1) is 15.2. The first-order valence-corrected chi connectivity index (χ1v) is 6.73. The van der Waals surface area contributed by atoms with Crippen LogP contribution in [0.5, 0.6) is 0 Å². The first-order chi connectivity index (χ1) is 9.90. The molecule has 0 spiro atoms. The number of likely N-dealkylation sites (N-methyl/N-ethyl adjacent to an activating group) is 1. The van der Waals surface area contributed by atoms with Crippen molar-refractivity contribution in [2.24, 2.45) is 0 Å². The maximum Gasteiger partial charge on any atom is 0.303 e. The molecule has 0 saturated heterocycles. The van der Waals surface area contributed by atoms with Crippen LogP contribution in [0.25, 0.3) is 0 Å². The maximum absolute atomic E-state index is 12.1. The molecule has 1 aromatic rings. The van der Waals surface area contributed by atoms with Crippen LogP contribution in [0.15, 0.2) is 18.2 Å². The number of aliphatic hydroxyl groups excluding tert-OH is 1. The molecular formula is C15H17NO5. The van der Waals surface area contributed by atoms with Crippen molar-refractivity contribution >= 4 is 17.8 Å². The molecule has 1 aliphatic heterocycles. The zero-order valence-electron chi connectivity index (χ0n) is 11.7. The van der Waals surface area contributed by atoms with Crippen molar-refractivity contribution in [2.45, 2.75) is 31.8 Å². The number of carbonyl (C=O) groups excluding carboxylic acids is 2. The van der Waals surface area contributed by atoms with E-state index in [0.717, 1.165) is 4.90 Å². The molecule has 2 N–H and O–H groups in total. The van der Waals surface area contributed by atoms with Crippen LogP contribution in [0, 0.1) is 0 Å². The Morgan fingerprint density at radius 2 is 2.10 bits per heavy atom. The third kappa shape index (κ3) is 3.28. The summed E-state index contributed by atoms with van der Waals surface area (Å²) in [5.41, 5.74) is 1.65. The Morgan fingerprint density at radius 1 is 1.38 bits per heavy atom. The molecule has 6 heteroatoms. The van der Waals surface area contributed by atoms with Gasteiger partial charge in [-0.15, -0.1) is 0 Å². The average molecular weight is 291 g/mol. The number of aliphatic hydroxyl groups is 1. The van der Waals surface area contributed by atoms with E-state index in [9.17, 15) is 19.5 Å². The van der Waals surface area contributed by atoms with E-state index in [2.05, 4.69) is 0 Å². The number of nitrogens with zero attached hydrogens (tertiary/aromatic N) is 1. The number of aliphatic carboxylic acids is 1. The molecule has 6 nitrogen and oxygen atoms in total. The summed E-state index contributed by atoms with van der Waals surface area (Å²) in [6.45, 7) is 0. The Bertz CT molecular complexity index is 596. The summed E-state index contributed by atoms with van der Waals surface area (Å²) in [5, 5.41) is 18.6. The Morgan fingerprint density at radius 3 is 2.76 bits per heavy atom. The van der Waals surface area contributed by atoms with Gasteiger partial charge in [0.2, 0.25) is 5.91 Å². The highest BCUT2D eigenvalue weighted by atomic mass is 16.4. The number of fused-ring (bicyclic) bond motifs is 1. The van der Waals surface area contributed by atoms with Gasteiger partial charge >= 0.3 is 5.97 Å². The molecule has 1 aliphatic rings. The summed E-state index contributed by atoms with van der Waals surface area (Å²) < 4.78 is 0. The molecule has 1 unspecified atom stereocenters. The van der Waals surface area contributed by atoms with Gasteiger partial charge < -0.3 is 10.2 Å². The average Bonchev–Trinajstić information content (AvgIpc) is 2.44. The van der Waals surface area contributed by atoms with Crippen LogP contribution in [0.4, 0.5) is 0 Å². The largest absolute Gasteiger partial charge is 0.481 e. The highest BCUT2D eigenvalue weighted by Crippen LogP contribution is 2.25. The number of benzene rings is 1. The molecule has 1 atom stereocenters. The lowest BCUT2D eigenvalue weighted by atomic mass is 9.93. The SMILES string of the molecule is CN1C(=O)Cc2ccc(C(O)CCCC(=O)O)cc2C1=O. The van der Waals surface area contributed by atoms with Crippen LogP contribution in [-0.2, 0) is 16.0 Å². The van der Waals surface area contributed by atoms with Gasteiger partial charge in [-0.1, -0.05) is 12.1 Å². The molecule has 0 bridgehead atoms. The van der Waals surface area contributed by atoms with E-state index in [1.807, 2.05) is 0 Å². The highest BCUT2D eigenvalue weighted by Gasteiger charge is 2.28. The summed E-state index contributed by atoms with van der Waals surface area (Å²) in [6, 6.07) is 4.94. The van der Waals surface area contributed by atoms with E-state index in [-0.39, 0.29) is 24.7 Å². The molecule has 0 fully saturated rings. The zero-order chi connectivity index (χ0) is 15.6. The van der Waals surface area contributed by atoms with Crippen LogP contribution in [0.1, 0.15) is 46.9 Å². The number of hydrogen-bond donors (Lipinski definition) is 2. The lowest BCUT2D eigenvalue weighted by molar-refractivity contribution is -0.137. The Hall–Kier alpha value is -2.21. The third-order valence-electron chi connectivity index (χ3n) is 3.64. The van der Waals surface area contributed by atoms with Crippen molar-refractivity contribution in [1.82, 2.24) is 4.90 Å². The number of carboxylic acid groups (broad SMARTS) is 1. The second-order valence-corrected chi connectivity index (χ2v) is 5.15. The van der Waals surface area contributed by atoms with Crippen molar-refractivity contribution in [3.05, 3.63) is 34.9 Å². The van der Waals surface area contributed by atoms with Crippen molar-refractivity contribution < 1.29 is 24.6 Å². The van der Waals surface area contributed by atoms with Gasteiger partial charge in [0.25, 0.3) is 5.91 Å². The van der Waals surface area contributed by atoms with Crippen molar-refractivity contribution in [1.29, 1.82) is 0 Å². The zero-order valence-corrected chi connectivity index (χ0v) is 11.7. The predicted octanol–water partition coefficient (Wildman–Crippen LogP) is 1.13. The number of carbonyl (C=O) groups is 3. The molecule has 1 heterocycles. The lowest BCUT2D eigenvalue weighted by Gasteiger charge is -2.24. The first-order valence-electron chi connectivity index (χ1n) is 6.73. The van der Waals surface area contributed by atoms with Crippen molar-refractivity contribution in [3.8, 4) is 0 Å². The van der Waals surface area contributed by atoms with Gasteiger partial charge in [0, 0.05) is 19.0 Å². The van der Waals surface area contributed by atoms with Gasteiger partial charge in [0.15, 0.2) is 0 Å². The Balaban J connectivity index is 2.15. The fourth-order valence-corrected chi connectivity index (χ4v) is 2.34. The molecule has 0 aromatic heterocycles. The summed E-state index contributed by atoms with van der Waals surface area (Å²) >= 11 is 0. The molecule has 0 saturated carbocycles. The number of carboxylic acids is 1. The molecular weight excluding hydrogens is 274 g/mol. The molecule has 112 valence electrons. The van der Waals surface area contributed by atoms with Crippen molar-refractivity contribution in [3.63, 3.8) is 0 Å². The minimum atomic E-state index is -0.900. The summed E-state index contributed by atoms with van der Waals surface area (Å²) in [4.78, 5) is 35.2. The number of hydrogen-bond acceptors (Lipinski definition) is 4. The minimum Gasteiger partial charge on any atom is -0.481 e. The maximum atomic E-state index is 12.1. The fourth-order valence-electron chi connectivity index (χ4n) is 2.34. The van der Waals surface area contributed by atoms with Crippen LogP contribution >= 0.6 is 0 Å². The standard InChI is InChI=1S/C15H17NO5/c1-16-13(18)8-9-5-6-10(7-11(9)15(16)21)12(17)3-2-4-14(19)20/h5-7,12,17H,2-4,8H2,1H3,(H,19,20). The van der Waals surface area contributed by atoms with Gasteiger partial charge in [0.05, 0.1) is 12.5 Å². The fraction of sp³-hybridized carbons (Fsp3) is 0.400. The van der Waals surface area contributed by atoms with Crippen LogP contribution in [0.2, 0.25) is 0 Å². The van der Waals surface area contributed by atoms with Gasteiger partial charge in [-0.05, 0) is 30.0 Å².